The molecule has 1 amide bonds. The molecule has 1 heterocycles. The van der Waals surface area contributed by atoms with Crippen LogP contribution >= 0.6 is 22.6 Å². The van der Waals surface area contributed by atoms with Crippen molar-refractivity contribution in [2.24, 2.45) is 0 Å². The minimum Gasteiger partial charge on any atom is -0.345 e. The quantitative estimate of drug-likeness (QED) is 0.840. The lowest BCUT2D eigenvalue weighted by atomic mass is 10.5. The van der Waals surface area contributed by atoms with Crippen molar-refractivity contribution < 1.29 is 4.79 Å². The molecule has 0 aromatic carbocycles. The van der Waals surface area contributed by atoms with Gasteiger partial charge in [-0.05, 0) is 29.5 Å². The summed E-state index contributed by atoms with van der Waals surface area (Å²) in [6, 6.07) is 0. The summed E-state index contributed by atoms with van der Waals surface area (Å²) in [5.74, 6) is 0.507. The Morgan fingerprint density at radius 1 is 1.53 bits per heavy atom. The summed E-state index contributed by atoms with van der Waals surface area (Å²) < 4.78 is 0.968. The van der Waals surface area contributed by atoms with Gasteiger partial charge in [-0.25, -0.2) is 9.97 Å². The first-order chi connectivity index (χ1) is 7.13. The van der Waals surface area contributed by atoms with E-state index in [1.165, 1.54) is 0 Å². The fourth-order valence-electron chi connectivity index (χ4n) is 0.870. The van der Waals surface area contributed by atoms with Crippen LogP contribution in [0.25, 0.3) is 0 Å². The molecule has 0 atom stereocenters. The fraction of sp³-hybridized carbons (Fsp3) is 0.444. The van der Waals surface area contributed by atoms with Gasteiger partial charge in [0.2, 0.25) is 11.9 Å². The molecule has 1 rings (SSSR count). The van der Waals surface area contributed by atoms with E-state index in [1.54, 1.807) is 24.3 Å². The number of hydrogen-bond donors (Lipinski definition) is 1. The first-order valence-electron chi connectivity index (χ1n) is 4.59. The van der Waals surface area contributed by atoms with Crippen LogP contribution in [-0.2, 0) is 4.79 Å². The number of nitrogens with zero attached hydrogens (tertiary/aromatic N) is 3. The molecule has 0 radical (unpaired) electrons. The molecule has 82 valence electrons. The molecule has 0 fully saturated rings. The summed E-state index contributed by atoms with van der Waals surface area (Å²) in [4.78, 5) is 21.1. The molecular weight excluding hydrogens is 307 g/mol. The van der Waals surface area contributed by atoms with Gasteiger partial charge < -0.3 is 10.2 Å². The van der Waals surface area contributed by atoms with Crippen LogP contribution in [0.3, 0.4) is 0 Å². The Labute approximate surface area is 102 Å². The molecule has 0 saturated carbocycles. The Hall–Kier alpha value is -0.920. The number of likely N-dealkylation sites (N-methyl/N-ethyl adjacent to an activating group) is 1. The lowest BCUT2D eigenvalue weighted by Gasteiger charge is -2.14. The average Bonchev–Trinajstić information content (AvgIpc) is 2.26. The van der Waals surface area contributed by atoms with Gasteiger partial charge in [-0.15, -0.1) is 0 Å². The van der Waals surface area contributed by atoms with Crippen molar-refractivity contribution in [3.05, 3.63) is 16.0 Å². The lowest BCUT2D eigenvalue weighted by molar-refractivity contribution is -0.127. The molecule has 0 aliphatic heterocycles. The molecule has 0 unspecified atom stereocenters. The van der Waals surface area contributed by atoms with E-state index in [9.17, 15) is 4.79 Å². The number of halogens is 1. The van der Waals surface area contributed by atoms with Gasteiger partial charge in [-0.2, -0.15) is 0 Å². The van der Waals surface area contributed by atoms with Gasteiger partial charge >= 0.3 is 0 Å². The van der Waals surface area contributed by atoms with E-state index in [2.05, 4.69) is 37.9 Å². The molecule has 0 bridgehead atoms. The minimum absolute atomic E-state index is 0.0275. The van der Waals surface area contributed by atoms with Crippen molar-refractivity contribution in [1.29, 1.82) is 0 Å². The Balaban J connectivity index is 2.43. The molecule has 0 spiro atoms. The van der Waals surface area contributed by atoms with Gasteiger partial charge in [0.1, 0.15) is 0 Å². The number of anilines is 1. The van der Waals surface area contributed by atoms with Gasteiger partial charge in [-0.3, -0.25) is 4.79 Å². The SMILES string of the molecule is CCN(C)C(=O)CNc1ncc(I)cn1. The first kappa shape index (κ1) is 12.2. The highest BCUT2D eigenvalue weighted by Gasteiger charge is 2.06. The molecule has 1 aromatic rings. The highest BCUT2D eigenvalue weighted by molar-refractivity contribution is 14.1. The highest BCUT2D eigenvalue weighted by atomic mass is 127. The Morgan fingerprint density at radius 2 is 2.13 bits per heavy atom. The van der Waals surface area contributed by atoms with Crippen LogP contribution < -0.4 is 5.32 Å². The topological polar surface area (TPSA) is 58.1 Å². The van der Waals surface area contributed by atoms with E-state index in [0.29, 0.717) is 12.5 Å². The highest BCUT2D eigenvalue weighted by Crippen LogP contribution is 2.02. The largest absolute Gasteiger partial charge is 0.345 e. The number of carbonyl (C=O) groups is 1. The maximum Gasteiger partial charge on any atom is 0.241 e. The van der Waals surface area contributed by atoms with E-state index < -0.39 is 0 Å². The minimum atomic E-state index is 0.0275. The second kappa shape index (κ2) is 5.84. The van der Waals surface area contributed by atoms with Gasteiger partial charge in [0.15, 0.2) is 0 Å². The molecule has 15 heavy (non-hydrogen) atoms. The number of rotatable bonds is 4. The summed E-state index contributed by atoms with van der Waals surface area (Å²) in [6.07, 6.45) is 3.40. The van der Waals surface area contributed by atoms with Crippen molar-refractivity contribution in [3.8, 4) is 0 Å². The number of aromatic nitrogens is 2. The Morgan fingerprint density at radius 3 is 2.67 bits per heavy atom. The predicted octanol–water partition coefficient (Wildman–Crippen LogP) is 0.971. The fourth-order valence-corrected chi connectivity index (χ4v) is 1.15. The second-order valence-corrected chi connectivity index (χ2v) is 4.23. The third-order valence-electron chi connectivity index (χ3n) is 1.92. The van der Waals surface area contributed by atoms with Gasteiger partial charge in [0.25, 0.3) is 0 Å². The summed E-state index contributed by atoms with van der Waals surface area (Å²) in [5.41, 5.74) is 0. The molecule has 6 heteroatoms. The molecule has 1 aromatic heterocycles. The zero-order valence-corrected chi connectivity index (χ0v) is 10.9. The summed E-state index contributed by atoms with van der Waals surface area (Å²) >= 11 is 2.13. The molecule has 0 aliphatic carbocycles. The summed E-state index contributed by atoms with van der Waals surface area (Å²) in [6.45, 7) is 2.86. The average molecular weight is 320 g/mol. The van der Waals surface area contributed by atoms with Crippen LogP contribution in [0.1, 0.15) is 6.92 Å². The maximum atomic E-state index is 11.4. The van der Waals surface area contributed by atoms with E-state index in [-0.39, 0.29) is 12.5 Å². The van der Waals surface area contributed by atoms with E-state index in [0.717, 1.165) is 3.57 Å². The van der Waals surface area contributed by atoms with Gasteiger partial charge in [0.05, 0.1) is 6.54 Å². The molecule has 1 N–H and O–H groups in total. The number of hydrogen-bond acceptors (Lipinski definition) is 4. The van der Waals surface area contributed by atoms with Gasteiger partial charge in [0, 0.05) is 29.6 Å². The number of nitrogens with one attached hydrogen (secondary N) is 1. The van der Waals surface area contributed by atoms with Crippen LogP contribution in [0.15, 0.2) is 12.4 Å². The maximum absolute atomic E-state index is 11.4. The third-order valence-corrected chi connectivity index (χ3v) is 2.48. The zero-order chi connectivity index (χ0) is 11.3. The monoisotopic (exact) mass is 320 g/mol. The Kier molecular flexibility index (Phi) is 4.73. The molecule has 0 aliphatic rings. The van der Waals surface area contributed by atoms with Crippen LogP contribution in [0.5, 0.6) is 0 Å². The molecule has 5 nitrogen and oxygen atoms in total. The normalized spacial score (nSPS) is 9.80. The van der Waals surface area contributed by atoms with Crippen molar-refractivity contribution in [1.82, 2.24) is 14.9 Å². The third kappa shape index (κ3) is 3.98. The smallest absolute Gasteiger partial charge is 0.241 e. The van der Waals surface area contributed by atoms with E-state index in [4.69, 9.17) is 0 Å². The number of carbonyl (C=O) groups excluding carboxylic acids is 1. The lowest BCUT2D eigenvalue weighted by Crippen LogP contribution is -2.32. The van der Waals surface area contributed by atoms with Crippen molar-refractivity contribution >= 4 is 34.4 Å². The van der Waals surface area contributed by atoms with Crippen LogP contribution in [0.2, 0.25) is 0 Å². The molecular formula is C9H13IN4O. The first-order valence-corrected chi connectivity index (χ1v) is 5.66. The van der Waals surface area contributed by atoms with Crippen molar-refractivity contribution in [2.75, 3.05) is 25.5 Å². The van der Waals surface area contributed by atoms with E-state index in [1.807, 2.05) is 6.92 Å². The standard InChI is InChI=1S/C9H13IN4O/c1-3-14(2)8(15)6-13-9-11-4-7(10)5-12-9/h4-5H,3,6H2,1-2H3,(H,11,12,13). The Bertz CT molecular complexity index is 327. The van der Waals surface area contributed by atoms with Crippen LogP contribution in [0, 0.1) is 3.57 Å². The van der Waals surface area contributed by atoms with Crippen LogP contribution in [0.4, 0.5) is 5.95 Å². The van der Waals surface area contributed by atoms with Crippen LogP contribution in [-0.4, -0.2) is 40.9 Å². The summed E-state index contributed by atoms with van der Waals surface area (Å²) in [7, 11) is 1.76. The zero-order valence-electron chi connectivity index (χ0n) is 8.70. The summed E-state index contributed by atoms with van der Waals surface area (Å²) in [5, 5.41) is 2.87. The van der Waals surface area contributed by atoms with Crippen molar-refractivity contribution in [2.45, 2.75) is 6.92 Å². The predicted molar refractivity (Wildman–Crippen MR) is 66.5 cm³/mol. The number of amides is 1. The molecule has 0 saturated heterocycles. The van der Waals surface area contributed by atoms with Gasteiger partial charge in [-0.1, -0.05) is 0 Å². The second-order valence-electron chi connectivity index (χ2n) is 2.99. The van der Waals surface area contributed by atoms with Crippen molar-refractivity contribution in [3.63, 3.8) is 0 Å². The van der Waals surface area contributed by atoms with E-state index >= 15 is 0 Å².